The van der Waals surface area contributed by atoms with Gasteiger partial charge in [0.2, 0.25) is 0 Å². The minimum Gasteiger partial charge on any atom is -0.311 e. The van der Waals surface area contributed by atoms with E-state index in [1.165, 1.54) is 37.8 Å². The van der Waals surface area contributed by atoms with Crippen LogP contribution >= 0.6 is 0 Å². The molecule has 17 heavy (non-hydrogen) atoms. The molecule has 1 aromatic heterocycles. The lowest BCUT2D eigenvalue weighted by Crippen LogP contribution is -2.20. The van der Waals surface area contributed by atoms with Crippen LogP contribution in [0.25, 0.3) is 0 Å². The Morgan fingerprint density at radius 1 is 1.41 bits per heavy atom. The highest BCUT2D eigenvalue weighted by Gasteiger charge is 2.22. The van der Waals surface area contributed by atoms with E-state index in [2.05, 4.69) is 36.1 Å². The van der Waals surface area contributed by atoms with Crippen LogP contribution in [0.15, 0.2) is 12.3 Å². The number of nitrogens with one attached hydrogen (secondary N) is 1. The van der Waals surface area contributed by atoms with Gasteiger partial charge in [-0.2, -0.15) is 5.10 Å². The Balaban J connectivity index is 1.94. The van der Waals surface area contributed by atoms with Crippen molar-refractivity contribution in [3.8, 4) is 0 Å². The maximum Gasteiger partial charge on any atom is 0.0762 e. The van der Waals surface area contributed by atoms with Crippen molar-refractivity contribution in [1.82, 2.24) is 15.1 Å². The molecular weight excluding hydrogens is 210 g/mol. The summed E-state index contributed by atoms with van der Waals surface area (Å²) in [5.74, 6) is 0.912. The minimum absolute atomic E-state index is 0.643. The van der Waals surface area contributed by atoms with E-state index in [0.29, 0.717) is 6.04 Å². The van der Waals surface area contributed by atoms with Crippen LogP contribution in [0.2, 0.25) is 0 Å². The highest BCUT2D eigenvalue weighted by molar-refractivity contribution is 4.99. The zero-order valence-corrected chi connectivity index (χ0v) is 11.2. The molecule has 2 rings (SSSR count). The molecule has 0 radical (unpaired) electrons. The van der Waals surface area contributed by atoms with Crippen LogP contribution in [0.5, 0.6) is 0 Å². The standard InChI is InChI=1S/C14H25N3/c1-3-12-6-5-7-14(10-12)17-9-8-13(16-17)11-15-4-2/h8-9,12,14-15H,3-7,10-11H2,1-2H3. The summed E-state index contributed by atoms with van der Waals surface area (Å²) in [6.07, 6.45) is 8.89. The Bertz CT molecular complexity index is 332. The summed E-state index contributed by atoms with van der Waals surface area (Å²) in [5, 5.41) is 8.02. The molecule has 0 bridgehead atoms. The molecule has 0 amide bonds. The van der Waals surface area contributed by atoms with Crippen molar-refractivity contribution >= 4 is 0 Å². The highest BCUT2D eigenvalue weighted by Crippen LogP contribution is 2.33. The Morgan fingerprint density at radius 2 is 2.29 bits per heavy atom. The first-order valence-electron chi connectivity index (χ1n) is 7.08. The Morgan fingerprint density at radius 3 is 3.06 bits per heavy atom. The van der Waals surface area contributed by atoms with Crippen LogP contribution in [0.1, 0.15) is 57.7 Å². The van der Waals surface area contributed by atoms with Gasteiger partial charge in [-0.25, -0.2) is 0 Å². The van der Waals surface area contributed by atoms with Gasteiger partial charge in [-0.15, -0.1) is 0 Å². The predicted molar refractivity (Wildman–Crippen MR) is 70.9 cm³/mol. The fourth-order valence-electron chi connectivity index (χ4n) is 2.80. The second-order valence-electron chi connectivity index (χ2n) is 5.16. The SMILES string of the molecule is CCNCc1ccn(C2CCCC(CC)C2)n1. The van der Waals surface area contributed by atoms with E-state index in [-0.39, 0.29) is 0 Å². The van der Waals surface area contributed by atoms with Gasteiger partial charge < -0.3 is 5.32 Å². The average Bonchev–Trinajstić information content (AvgIpc) is 2.85. The van der Waals surface area contributed by atoms with Crippen LogP contribution < -0.4 is 5.32 Å². The maximum atomic E-state index is 4.69. The molecule has 3 nitrogen and oxygen atoms in total. The van der Waals surface area contributed by atoms with E-state index >= 15 is 0 Å². The van der Waals surface area contributed by atoms with Gasteiger partial charge in [-0.3, -0.25) is 4.68 Å². The molecule has 2 unspecified atom stereocenters. The monoisotopic (exact) mass is 235 g/mol. The average molecular weight is 235 g/mol. The summed E-state index contributed by atoms with van der Waals surface area (Å²) < 4.78 is 2.20. The summed E-state index contributed by atoms with van der Waals surface area (Å²) in [5.41, 5.74) is 1.17. The fraction of sp³-hybridized carbons (Fsp3) is 0.786. The lowest BCUT2D eigenvalue weighted by Gasteiger charge is -2.28. The normalized spacial score (nSPS) is 25.1. The van der Waals surface area contributed by atoms with Crippen molar-refractivity contribution in [2.75, 3.05) is 6.54 Å². The van der Waals surface area contributed by atoms with E-state index in [1.807, 2.05) is 0 Å². The summed E-state index contributed by atoms with van der Waals surface area (Å²) >= 11 is 0. The molecule has 0 saturated heterocycles. The molecule has 1 fully saturated rings. The number of aromatic nitrogens is 2. The molecule has 96 valence electrons. The van der Waals surface area contributed by atoms with Crippen LogP contribution in [0.4, 0.5) is 0 Å². The first-order chi connectivity index (χ1) is 8.33. The number of hydrogen-bond donors (Lipinski definition) is 1. The summed E-state index contributed by atoms with van der Waals surface area (Å²) in [4.78, 5) is 0. The van der Waals surface area contributed by atoms with Crippen molar-refractivity contribution in [2.45, 2.75) is 58.5 Å². The molecular formula is C14H25N3. The molecule has 1 saturated carbocycles. The van der Waals surface area contributed by atoms with Crippen molar-refractivity contribution in [3.05, 3.63) is 18.0 Å². The number of nitrogens with zero attached hydrogens (tertiary/aromatic N) is 2. The largest absolute Gasteiger partial charge is 0.311 e. The van der Waals surface area contributed by atoms with Crippen LogP contribution in [0.3, 0.4) is 0 Å². The van der Waals surface area contributed by atoms with E-state index < -0.39 is 0 Å². The Labute approximate surface area is 105 Å². The molecule has 0 spiro atoms. The Hall–Kier alpha value is -0.830. The third-order valence-corrected chi connectivity index (χ3v) is 3.93. The second kappa shape index (κ2) is 6.20. The summed E-state index contributed by atoms with van der Waals surface area (Å²) in [6.45, 7) is 6.35. The third kappa shape index (κ3) is 3.32. The zero-order valence-electron chi connectivity index (χ0n) is 11.2. The lowest BCUT2D eigenvalue weighted by molar-refractivity contribution is 0.247. The molecule has 1 aliphatic carbocycles. The molecule has 3 heteroatoms. The summed E-state index contributed by atoms with van der Waals surface area (Å²) in [6, 6.07) is 2.79. The van der Waals surface area contributed by atoms with E-state index in [0.717, 1.165) is 19.0 Å². The van der Waals surface area contributed by atoms with Gasteiger partial charge in [0.1, 0.15) is 0 Å². The maximum absolute atomic E-state index is 4.69. The molecule has 1 aliphatic rings. The van der Waals surface area contributed by atoms with Gasteiger partial charge >= 0.3 is 0 Å². The van der Waals surface area contributed by atoms with E-state index in [4.69, 9.17) is 5.10 Å². The predicted octanol–water partition coefficient (Wildman–Crippen LogP) is 3.13. The highest BCUT2D eigenvalue weighted by atomic mass is 15.3. The van der Waals surface area contributed by atoms with Gasteiger partial charge in [0, 0.05) is 12.7 Å². The first-order valence-corrected chi connectivity index (χ1v) is 7.08. The molecule has 0 aliphatic heterocycles. The molecule has 2 atom stereocenters. The lowest BCUT2D eigenvalue weighted by atomic mass is 9.84. The van der Waals surface area contributed by atoms with E-state index in [1.54, 1.807) is 0 Å². The van der Waals surface area contributed by atoms with Crippen molar-refractivity contribution < 1.29 is 0 Å². The van der Waals surface area contributed by atoms with Crippen LogP contribution in [-0.2, 0) is 6.54 Å². The first kappa shape index (κ1) is 12.6. The van der Waals surface area contributed by atoms with Crippen LogP contribution in [0, 0.1) is 5.92 Å². The molecule has 1 aromatic rings. The van der Waals surface area contributed by atoms with Crippen LogP contribution in [-0.4, -0.2) is 16.3 Å². The fourth-order valence-corrected chi connectivity index (χ4v) is 2.80. The van der Waals surface area contributed by atoms with Crippen molar-refractivity contribution in [3.63, 3.8) is 0 Å². The zero-order chi connectivity index (χ0) is 12.1. The van der Waals surface area contributed by atoms with Gasteiger partial charge in [0.15, 0.2) is 0 Å². The smallest absolute Gasteiger partial charge is 0.0762 e. The quantitative estimate of drug-likeness (QED) is 0.849. The molecule has 1 heterocycles. The van der Waals surface area contributed by atoms with Crippen molar-refractivity contribution in [1.29, 1.82) is 0 Å². The third-order valence-electron chi connectivity index (χ3n) is 3.93. The van der Waals surface area contributed by atoms with Gasteiger partial charge in [-0.05, 0) is 31.4 Å². The second-order valence-corrected chi connectivity index (χ2v) is 5.16. The topological polar surface area (TPSA) is 29.9 Å². The molecule has 0 aromatic carbocycles. The van der Waals surface area contributed by atoms with E-state index in [9.17, 15) is 0 Å². The molecule has 1 N–H and O–H groups in total. The van der Waals surface area contributed by atoms with Gasteiger partial charge in [0.05, 0.1) is 11.7 Å². The number of hydrogen-bond acceptors (Lipinski definition) is 2. The number of rotatable bonds is 5. The Kier molecular flexibility index (Phi) is 4.60. The summed E-state index contributed by atoms with van der Waals surface area (Å²) in [7, 11) is 0. The minimum atomic E-state index is 0.643. The van der Waals surface area contributed by atoms with Gasteiger partial charge in [0.25, 0.3) is 0 Å². The van der Waals surface area contributed by atoms with Gasteiger partial charge in [-0.1, -0.05) is 33.1 Å². The van der Waals surface area contributed by atoms with Crippen molar-refractivity contribution in [2.24, 2.45) is 5.92 Å².